The Morgan fingerprint density at radius 3 is 2.56 bits per heavy atom. The predicted molar refractivity (Wildman–Crippen MR) is 130 cm³/mol. The number of nitrogens with zero attached hydrogens (tertiary/aromatic N) is 6. The van der Waals surface area contributed by atoms with Crippen LogP contribution in [-0.2, 0) is 0 Å². The van der Waals surface area contributed by atoms with Gasteiger partial charge in [0.1, 0.15) is 17.3 Å². The maximum absolute atomic E-state index is 13.4. The van der Waals surface area contributed by atoms with Crippen LogP contribution in [0.15, 0.2) is 61.1 Å². The number of likely N-dealkylation sites (N-methyl/N-ethyl adjacent to an activating group) is 1. The number of anilines is 1. The van der Waals surface area contributed by atoms with E-state index < -0.39 is 0 Å². The summed E-state index contributed by atoms with van der Waals surface area (Å²) in [5.74, 6) is 2.22. The van der Waals surface area contributed by atoms with Gasteiger partial charge >= 0.3 is 0 Å². The van der Waals surface area contributed by atoms with Crippen LogP contribution in [0, 0.1) is 0 Å². The molecule has 8 nitrogen and oxygen atoms in total. The Bertz CT molecular complexity index is 1120. The van der Waals surface area contributed by atoms with Crippen LogP contribution in [0.25, 0.3) is 0 Å². The highest BCUT2D eigenvalue weighted by atomic mass is 16.5. The topological polar surface area (TPSA) is 74.7 Å². The highest BCUT2D eigenvalue weighted by Gasteiger charge is 2.29. The van der Waals surface area contributed by atoms with Gasteiger partial charge in [0.25, 0.3) is 5.91 Å². The number of para-hydroxylation sites is 1. The van der Waals surface area contributed by atoms with E-state index in [2.05, 4.69) is 31.8 Å². The molecular weight excluding hydrogens is 428 g/mol. The lowest BCUT2D eigenvalue weighted by Gasteiger charge is -2.34. The van der Waals surface area contributed by atoms with E-state index in [4.69, 9.17) is 4.74 Å². The second kappa shape index (κ2) is 10.2. The molecule has 1 atom stereocenters. The fraction of sp³-hybridized carbons (Fsp3) is 0.385. The van der Waals surface area contributed by atoms with Crippen molar-refractivity contribution in [1.82, 2.24) is 24.8 Å². The smallest absolute Gasteiger partial charge is 0.254 e. The van der Waals surface area contributed by atoms with Crippen LogP contribution >= 0.6 is 0 Å². The van der Waals surface area contributed by atoms with Crippen molar-refractivity contribution < 1.29 is 9.53 Å². The quantitative estimate of drug-likeness (QED) is 0.580. The van der Waals surface area contributed by atoms with E-state index >= 15 is 0 Å². The first-order valence-electron chi connectivity index (χ1n) is 11.9. The van der Waals surface area contributed by atoms with Crippen LogP contribution in [-0.4, -0.2) is 77.0 Å². The summed E-state index contributed by atoms with van der Waals surface area (Å²) in [5, 5.41) is 0. The third-order valence-electron chi connectivity index (χ3n) is 6.56. The van der Waals surface area contributed by atoms with Crippen molar-refractivity contribution >= 4 is 11.7 Å². The van der Waals surface area contributed by atoms with Crippen molar-refractivity contribution in [3.05, 3.63) is 72.3 Å². The molecule has 0 spiro atoms. The van der Waals surface area contributed by atoms with Gasteiger partial charge < -0.3 is 19.4 Å². The molecule has 0 N–H and O–H groups in total. The molecule has 34 heavy (non-hydrogen) atoms. The number of amides is 1. The number of hydrogen-bond donors (Lipinski definition) is 0. The van der Waals surface area contributed by atoms with Crippen molar-refractivity contribution in [1.29, 1.82) is 0 Å². The summed E-state index contributed by atoms with van der Waals surface area (Å²) in [7, 11) is 2.13. The Kier molecular flexibility index (Phi) is 6.67. The molecule has 2 saturated heterocycles. The summed E-state index contributed by atoms with van der Waals surface area (Å²) >= 11 is 0. The van der Waals surface area contributed by atoms with Gasteiger partial charge in [-0.25, -0.2) is 9.97 Å². The minimum Gasteiger partial charge on any atom is -0.437 e. The minimum absolute atomic E-state index is 0.0388. The van der Waals surface area contributed by atoms with E-state index in [-0.39, 0.29) is 11.8 Å². The van der Waals surface area contributed by atoms with Crippen LogP contribution in [0.1, 0.15) is 34.8 Å². The molecular formula is C26H30N6O2. The van der Waals surface area contributed by atoms with Crippen molar-refractivity contribution in [2.75, 3.05) is 51.2 Å². The van der Waals surface area contributed by atoms with Crippen LogP contribution in [0.3, 0.4) is 0 Å². The average molecular weight is 459 g/mol. The van der Waals surface area contributed by atoms with Gasteiger partial charge in [0.05, 0.1) is 0 Å². The number of pyridine rings is 1. The molecule has 0 saturated carbocycles. The van der Waals surface area contributed by atoms with Gasteiger partial charge in [0, 0.05) is 69.3 Å². The monoisotopic (exact) mass is 458 g/mol. The standard InChI is InChI=1S/C26H30N6O2/c1-30-14-16-31(17-15-30)23-18-20(9-10-27-23)26(33)32-13-5-6-21(19-32)24-25(29-12-11-28-24)34-22-7-3-2-4-8-22/h2-4,7-12,18,21H,5-6,13-17,19H2,1H3/t21-/m0/s1. The SMILES string of the molecule is CN1CCN(c2cc(C(=O)N3CCC[C@H](c4nccnc4Oc4ccccc4)C3)ccn2)CC1. The Balaban J connectivity index is 1.31. The van der Waals surface area contributed by atoms with E-state index in [0.717, 1.165) is 62.8 Å². The molecule has 5 rings (SSSR count). The van der Waals surface area contributed by atoms with Crippen molar-refractivity contribution in [3.8, 4) is 11.6 Å². The number of benzene rings is 1. The summed E-state index contributed by atoms with van der Waals surface area (Å²) < 4.78 is 6.04. The van der Waals surface area contributed by atoms with Crippen molar-refractivity contribution in [2.24, 2.45) is 0 Å². The molecule has 4 heterocycles. The second-order valence-electron chi connectivity index (χ2n) is 8.95. The van der Waals surface area contributed by atoms with Gasteiger partial charge in [-0.2, -0.15) is 0 Å². The lowest BCUT2D eigenvalue weighted by molar-refractivity contribution is 0.0704. The highest BCUT2D eigenvalue weighted by Crippen LogP contribution is 2.33. The van der Waals surface area contributed by atoms with Crippen LogP contribution in [0.2, 0.25) is 0 Å². The molecule has 2 aliphatic rings. The van der Waals surface area contributed by atoms with Gasteiger partial charge in [-0.3, -0.25) is 9.78 Å². The minimum atomic E-state index is 0.0388. The molecule has 0 aliphatic carbocycles. The number of likely N-dealkylation sites (tertiary alicyclic amines) is 1. The highest BCUT2D eigenvalue weighted by molar-refractivity contribution is 5.95. The van der Waals surface area contributed by atoms with Gasteiger partial charge in [-0.15, -0.1) is 0 Å². The van der Waals surface area contributed by atoms with Crippen LogP contribution in [0.4, 0.5) is 5.82 Å². The third-order valence-corrected chi connectivity index (χ3v) is 6.56. The summed E-state index contributed by atoms with van der Waals surface area (Å²) in [6, 6.07) is 13.4. The number of rotatable bonds is 5. The van der Waals surface area contributed by atoms with E-state index in [1.165, 1.54) is 0 Å². The lowest BCUT2D eigenvalue weighted by atomic mass is 9.94. The number of carbonyl (C=O) groups excluding carboxylic acids is 1. The van der Waals surface area contributed by atoms with Gasteiger partial charge in [0.2, 0.25) is 5.88 Å². The van der Waals surface area contributed by atoms with Crippen LogP contribution in [0.5, 0.6) is 11.6 Å². The Morgan fingerprint density at radius 1 is 0.941 bits per heavy atom. The fourth-order valence-electron chi connectivity index (χ4n) is 4.62. The van der Waals surface area contributed by atoms with E-state index in [1.54, 1.807) is 18.6 Å². The van der Waals surface area contributed by atoms with Crippen molar-refractivity contribution in [3.63, 3.8) is 0 Å². The molecule has 2 aromatic heterocycles. The van der Waals surface area contributed by atoms with E-state index in [1.807, 2.05) is 47.4 Å². The second-order valence-corrected chi connectivity index (χ2v) is 8.95. The number of aromatic nitrogens is 3. The normalized spacial score (nSPS) is 19.1. The Hall–Kier alpha value is -3.52. The van der Waals surface area contributed by atoms with Crippen molar-refractivity contribution in [2.45, 2.75) is 18.8 Å². The Morgan fingerprint density at radius 2 is 1.74 bits per heavy atom. The maximum atomic E-state index is 13.4. The molecule has 3 aromatic rings. The van der Waals surface area contributed by atoms with Gasteiger partial charge in [0.15, 0.2) is 0 Å². The lowest BCUT2D eigenvalue weighted by Crippen LogP contribution is -2.45. The first-order chi connectivity index (χ1) is 16.7. The molecule has 176 valence electrons. The first-order valence-corrected chi connectivity index (χ1v) is 11.9. The maximum Gasteiger partial charge on any atom is 0.254 e. The first kappa shape index (κ1) is 22.3. The molecule has 1 amide bonds. The zero-order chi connectivity index (χ0) is 23.3. The Labute approximate surface area is 200 Å². The van der Waals surface area contributed by atoms with Crippen LogP contribution < -0.4 is 9.64 Å². The molecule has 1 aromatic carbocycles. The molecule has 0 radical (unpaired) electrons. The molecule has 8 heteroatoms. The van der Waals surface area contributed by atoms with E-state index in [9.17, 15) is 4.79 Å². The zero-order valence-corrected chi connectivity index (χ0v) is 19.5. The zero-order valence-electron chi connectivity index (χ0n) is 19.5. The summed E-state index contributed by atoms with van der Waals surface area (Å²) in [4.78, 5) is 33.5. The largest absolute Gasteiger partial charge is 0.437 e. The number of ether oxygens (including phenoxy) is 1. The molecule has 0 bridgehead atoms. The molecule has 0 unspecified atom stereocenters. The number of carbonyl (C=O) groups is 1. The van der Waals surface area contributed by atoms with E-state index in [0.29, 0.717) is 18.0 Å². The summed E-state index contributed by atoms with van der Waals surface area (Å²) in [5.41, 5.74) is 1.49. The van der Waals surface area contributed by atoms with Gasteiger partial charge in [-0.05, 0) is 44.2 Å². The predicted octanol–water partition coefficient (Wildman–Crippen LogP) is 3.44. The molecule has 2 aliphatic heterocycles. The molecule has 2 fully saturated rings. The fourth-order valence-corrected chi connectivity index (χ4v) is 4.62. The summed E-state index contributed by atoms with van der Waals surface area (Å²) in [6.07, 6.45) is 6.94. The van der Waals surface area contributed by atoms with Gasteiger partial charge in [-0.1, -0.05) is 18.2 Å². The average Bonchev–Trinajstić information content (AvgIpc) is 2.90. The number of piperazine rings is 1. The third kappa shape index (κ3) is 5.02. The number of piperidine rings is 1. The number of hydrogen-bond acceptors (Lipinski definition) is 7. The summed E-state index contributed by atoms with van der Waals surface area (Å²) in [6.45, 7) is 5.16.